The first-order chi connectivity index (χ1) is 9.12. The van der Waals surface area contributed by atoms with Gasteiger partial charge in [-0.05, 0) is 24.7 Å². The van der Waals surface area contributed by atoms with E-state index in [0.717, 1.165) is 10.4 Å². The van der Waals surface area contributed by atoms with Gasteiger partial charge in [0.1, 0.15) is 0 Å². The summed E-state index contributed by atoms with van der Waals surface area (Å²) in [5, 5.41) is 4.64. The van der Waals surface area contributed by atoms with E-state index in [2.05, 4.69) is 15.0 Å². The summed E-state index contributed by atoms with van der Waals surface area (Å²) in [7, 11) is -1.62. The molecular formula is C12H15N3O2S2. The maximum Gasteiger partial charge on any atom is 0.241 e. The summed E-state index contributed by atoms with van der Waals surface area (Å²) >= 11 is 1.43. The Morgan fingerprint density at radius 1 is 1.37 bits per heavy atom. The van der Waals surface area contributed by atoms with Crippen LogP contribution in [0.15, 0.2) is 40.9 Å². The van der Waals surface area contributed by atoms with Gasteiger partial charge in [-0.1, -0.05) is 6.07 Å². The van der Waals surface area contributed by atoms with Crippen molar-refractivity contribution in [2.75, 3.05) is 7.05 Å². The zero-order valence-corrected chi connectivity index (χ0v) is 12.1. The number of pyridine rings is 1. The summed E-state index contributed by atoms with van der Waals surface area (Å²) in [6, 6.07) is 5.29. The van der Waals surface area contributed by atoms with Gasteiger partial charge in [-0.15, -0.1) is 11.3 Å². The van der Waals surface area contributed by atoms with Crippen molar-refractivity contribution in [2.45, 2.75) is 18.0 Å². The first-order valence-corrected chi connectivity index (χ1v) is 8.08. The number of thiophene rings is 1. The Balaban J connectivity index is 2.05. The van der Waals surface area contributed by atoms with Gasteiger partial charge in [-0.2, -0.15) is 0 Å². The lowest BCUT2D eigenvalue weighted by molar-refractivity contribution is 0.581. The summed E-state index contributed by atoms with van der Waals surface area (Å²) in [4.78, 5) is 5.25. The van der Waals surface area contributed by atoms with E-state index in [1.165, 1.54) is 11.3 Å². The Bertz CT molecular complexity index is 623. The SMILES string of the molecule is CNCc1cc(S(=O)(=O)NCc2cccnc2)cs1. The lowest BCUT2D eigenvalue weighted by Gasteiger charge is -2.04. The smallest absolute Gasteiger partial charge is 0.241 e. The largest absolute Gasteiger partial charge is 0.315 e. The number of nitrogens with one attached hydrogen (secondary N) is 2. The Morgan fingerprint density at radius 2 is 2.21 bits per heavy atom. The van der Waals surface area contributed by atoms with Gasteiger partial charge in [0, 0.05) is 35.7 Å². The van der Waals surface area contributed by atoms with Crippen LogP contribution in [0.2, 0.25) is 0 Å². The highest BCUT2D eigenvalue weighted by molar-refractivity contribution is 7.89. The molecule has 0 radical (unpaired) electrons. The van der Waals surface area contributed by atoms with Crippen molar-refractivity contribution in [3.05, 3.63) is 46.4 Å². The van der Waals surface area contributed by atoms with Gasteiger partial charge < -0.3 is 5.32 Å². The van der Waals surface area contributed by atoms with Crippen LogP contribution in [-0.2, 0) is 23.1 Å². The normalized spacial score (nSPS) is 11.6. The number of hydrogen-bond donors (Lipinski definition) is 2. The van der Waals surface area contributed by atoms with Crippen LogP contribution >= 0.6 is 11.3 Å². The fraction of sp³-hybridized carbons (Fsp3) is 0.250. The van der Waals surface area contributed by atoms with Crippen LogP contribution in [0.3, 0.4) is 0 Å². The van der Waals surface area contributed by atoms with E-state index < -0.39 is 10.0 Å². The maximum absolute atomic E-state index is 12.1. The lowest BCUT2D eigenvalue weighted by atomic mass is 10.3. The Hall–Kier alpha value is -1.28. The fourth-order valence-corrected chi connectivity index (χ4v) is 3.84. The highest BCUT2D eigenvalue weighted by atomic mass is 32.2. The van der Waals surface area contributed by atoms with Gasteiger partial charge >= 0.3 is 0 Å². The van der Waals surface area contributed by atoms with E-state index in [1.807, 2.05) is 13.1 Å². The molecule has 2 aromatic heterocycles. The van der Waals surface area contributed by atoms with Crippen LogP contribution in [-0.4, -0.2) is 20.4 Å². The topological polar surface area (TPSA) is 71.1 Å². The molecule has 2 heterocycles. The lowest BCUT2D eigenvalue weighted by Crippen LogP contribution is -2.22. The average molecular weight is 297 g/mol. The predicted octanol–water partition coefficient (Wildman–Crippen LogP) is 1.34. The molecule has 0 saturated heterocycles. The third-order valence-corrected chi connectivity index (χ3v) is 4.95. The Kier molecular flexibility index (Phi) is 4.65. The number of hydrogen-bond acceptors (Lipinski definition) is 5. The van der Waals surface area contributed by atoms with E-state index in [4.69, 9.17) is 0 Å². The van der Waals surface area contributed by atoms with Gasteiger partial charge in [0.05, 0.1) is 4.90 Å². The number of aromatic nitrogens is 1. The van der Waals surface area contributed by atoms with E-state index >= 15 is 0 Å². The van der Waals surface area contributed by atoms with E-state index in [9.17, 15) is 8.42 Å². The second kappa shape index (κ2) is 6.25. The summed E-state index contributed by atoms with van der Waals surface area (Å²) in [5.41, 5.74) is 0.830. The second-order valence-corrected chi connectivity index (χ2v) is 6.73. The minimum atomic E-state index is -3.45. The molecule has 2 aromatic rings. The van der Waals surface area contributed by atoms with Gasteiger partial charge in [0.15, 0.2) is 0 Å². The number of nitrogens with zero attached hydrogens (tertiary/aromatic N) is 1. The molecule has 0 saturated carbocycles. The van der Waals surface area contributed by atoms with Crippen molar-refractivity contribution >= 4 is 21.4 Å². The van der Waals surface area contributed by atoms with E-state index in [-0.39, 0.29) is 6.54 Å². The molecule has 0 amide bonds. The molecule has 19 heavy (non-hydrogen) atoms. The average Bonchev–Trinajstić information content (AvgIpc) is 2.88. The maximum atomic E-state index is 12.1. The first kappa shape index (κ1) is 14.1. The van der Waals surface area contributed by atoms with Crippen molar-refractivity contribution in [2.24, 2.45) is 0 Å². The van der Waals surface area contributed by atoms with Gasteiger partial charge in [0.25, 0.3) is 0 Å². The summed E-state index contributed by atoms with van der Waals surface area (Å²) < 4.78 is 26.7. The predicted molar refractivity (Wildman–Crippen MR) is 75.3 cm³/mol. The van der Waals surface area contributed by atoms with Crippen LogP contribution < -0.4 is 10.0 Å². The van der Waals surface area contributed by atoms with Gasteiger partial charge in [0.2, 0.25) is 10.0 Å². The summed E-state index contributed by atoms with van der Waals surface area (Å²) in [5.74, 6) is 0. The molecule has 5 nitrogen and oxygen atoms in total. The molecular weight excluding hydrogens is 282 g/mol. The van der Waals surface area contributed by atoms with Crippen LogP contribution in [0.5, 0.6) is 0 Å². The Labute approximate surface area is 116 Å². The van der Waals surface area contributed by atoms with Crippen LogP contribution in [0.1, 0.15) is 10.4 Å². The highest BCUT2D eigenvalue weighted by Crippen LogP contribution is 2.19. The van der Waals surface area contributed by atoms with Crippen molar-refractivity contribution in [1.29, 1.82) is 0 Å². The molecule has 0 spiro atoms. The molecule has 0 aliphatic carbocycles. The minimum Gasteiger partial charge on any atom is -0.315 e. The standard InChI is InChI=1S/C12H15N3O2S2/c1-13-8-11-5-12(9-18-11)19(16,17)15-7-10-3-2-4-14-6-10/h2-6,9,13,15H,7-8H2,1H3. The van der Waals surface area contributed by atoms with Gasteiger partial charge in [-0.25, -0.2) is 13.1 Å². The van der Waals surface area contributed by atoms with E-state index in [1.54, 1.807) is 29.9 Å². The first-order valence-electron chi connectivity index (χ1n) is 5.72. The molecule has 0 aliphatic rings. The molecule has 7 heteroatoms. The quantitative estimate of drug-likeness (QED) is 0.844. The molecule has 0 bridgehead atoms. The van der Waals surface area contributed by atoms with E-state index in [0.29, 0.717) is 11.4 Å². The van der Waals surface area contributed by atoms with Crippen molar-refractivity contribution in [1.82, 2.24) is 15.0 Å². The van der Waals surface area contributed by atoms with Crippen molar-refractivity contribution in [3.63, 3.8) is 0 Å². The molecule has 102 valence electrons. The fourth-order valence-electron chi connectivity index (χ4n) is 1.53. The molecule has 2 N–H and O–H groups in total. The zero-order valence-electron chi connectivity index (χ0n) is 10.5. The van der Waals surface area contributed by atoms with Crippen LogP contribution in [0, 0.1) is 0 Å². The number of rotatable bonds is 6. The molecule has 0 aliphatic heterocycles. The Morgan fingerprint density at radius 3 is 2.89 bits per heavy atom. The zero-order chi connectivity index (χ0) is 13.7. The van der Waals surface area contributed by atoms with Crippen molar-refractivity contribution in [3.8, 4) is 0 Å². The molecule has 0 atom stereocenters. The van der Waals surface area contributed by atoms with Crippen LogP contribution in [0.25, 0.3) is 0 Å². The highest BCUT2D eigenvalue weighted by Gasteiger charge is 2.15. The third kappa shape index (κ3) is 3.84. The monoisotopic (exact) mass is 297 g/mol. The van der Waals surface area contributed by atoms with Gasteiger partial charge in [-0.3, -0.25) is 4.98 Å². The van der Waals surface area contributed by atoms with Crippen LogP contribution in [0.4, 0.5) is 0 Å². The summed E-state index contributed by atoms with van der Waals surface area (Å²) in [6.45, 7) is 0.913. The van der Waals surface area contributed by atoms with Crippen molar-refractivity contribution < 1.29 is 8.42 Å². The molecule has 0 unspecified atom stereocenters. The molecule has 0 fully saturated rings. The number of sulfonamides is 1. The third-order valence-electron chi connectivity index (χ3n) is 2.48. The minimum absolute atomic E-state index is 0.243. The molecule has 0 aromatic carbocycles. The molecule has 2 rings (SSSR count). The second-order valence-electron chi connectivity index (χ2n) is 3.96. The summed E-state index contributed by atoms with van der Waals surface area (Å²) in [6.07, 6.45) is 3.30.